The molecule has 3 heterocycles. The first-order valence-electron chi connectivity index (χ1n) is 17.8. The zero-order valence-corrected chi connectivity index (χ0v) is 31.2. The van der Waals surface area contributed by atoms with Gasteiger partial charge in [0.15, 0.2) is 5.60 Å². The Morgan fingerprint density at radius 2 is 1.72 bits per heavy atom. The molecule has 7 rings (SSSR count). The average Bonchev–Trinajstić information content (AvgIpc) is 3.58. The fourth-order valence-electron chi connectivity index (χ4n) is 8.23. The minimum atomic E-state index is -3.55. The van der Waals surface area contributed by atoms with Crippen LogP contribution in [-0.4, -0.2) is 66.4 Å². The highest BCUT2D eigenvalue weighted by Crippen LogP contribution is 2.60. The molecule has 5 aromatic rings. The predicted molar refractivity (Wildman–Crippen MR) is 203 cm³/mol. The van der Waals surface area contributed by atoms with Gasteiger partial charge in [0.2, 0.25) is 14.3 Å². The SMILES string of the molecule is COc1ccc2c(c1)[C@@]1(O[C@H](CC(=O)N(CCO)Cc3ccccc3)[C@@H]([Si](C)(C)F)[C@@H]1C)C(=O)N2Cc1ccc(-n2ncc3ccccc3c2=O)cc1. The molecule has 1 N–H and O–H groups in total. The Morgan fingerprint density at radius 1 is 1.00 bits per heavy atom. The van der Waals surface area contributed by atoms with Crippen molar-refractivity contribution in [3.63, 3.8) is 0 Å². The summed E-state index contributed by atoms with van der Waals surface area (Å²) in [4.78, 5) is 45.2. The number of hydrogen-bond acceptors (Lipinski definition) is 7. The fourth-order valence-corrected chi connectivity index (χ4v) is 10.7. The molecule has 4 aromatic carbocycles. The lowest BCUT2D eigenvalue weighted by atomic mass is 9.82. The largest absolute Gasteiger partial charge is 0.497 e. The van der Waals surface area contributed by atoms with Gasteiger partial charge >= 0.3 is 0 Å². The monoisotopic (exact) mass is 734 g/mol. The molecule has 0 saturated carbocycles. The van der Waals surface area contributed by atoms with Crippen LogP contribution in [0.15, 0.2) is 108 Å². The van der Waals surface area contributed by atoms with Crippen molar-refractivity contribution in [3.05, 3.63) is 130 Å². The van der Waals surface area contributed by atoms with E-state index in [4.69, 9.17) is 9.47 Å². The number of methoxy groups -OCH3 is 1. The van der Waals surface area contributed by atoms with Crippen LogP contribution in [0.4, 0.5) is 9.80 Å². The van der Waals surface area contributed by atoms with E-state index in [0.29, 0.717) is 28.1 Å². The molecule has 1 saturated heterocycles. The van der Waals surface area contributed by atoms with E-state index in [9.17, 15) is 19.5 Å². The highest BCUT2D eigenvalue weighted by molar-refractivity contribution is 6.72. The fraction of sp³-hybridized carbons (Fsp3) is 0.317. The molecule has 53 heavy (non-hydrogen) atoms. The van der Waals surface area contributed by atoms with E-state index in [1.54, 1.807) is 66.5 Å². The minimum absolute atomic E-state index is 0.110. The summed E-state index contributed by atoms with van der Waals surface area (Å²) in [5.74, 6) is -0.701. The zero-order chi connectivity index (χ0) is 37.5. The average molecular weight is 735 g/mol. The van der Waals surface area contributed by atoms with Crippen LogP contribution in [0.3, 0.4) is 0 Å². The predicted octanol–water partition coefficient (Wildman–Crippen LogP) is 6.13. The number of aromatic nitrogens is 2. The lowest BCUT2D eigenvalue weighted by molar-refractivity contribution is -0.150. The molecule has 1 aromatic heterocycles. The summed E-state index contributed by atoms with van der Waals surface area (Å²) in [6.07, 6.45) is 0.640. The number of fused-ring (bicyclic) bond motifs is 3. The molecule has 12 heteroatoms. The van der Waals surface area contributed by atoms with E-state index in [0.717, 1.165) is 16.5 Å². The molecule has 2 amide bonds. The van der Waals surface area contributed by atoms with Gasteiger partial charge in [0.1, 0.15) is 5.75 Å². The summed E-state index contributed by atoms with van der Waals surface area (Å²) in [6.45, 7) is 5.41. The number of anilines is 1. The molecule has 0 unspecified atom stereocenters. The van der Waals surface area contributed by atoms with E-state index in [2.05, 4.69) is 5.10 Å². The number of amides is 2. The number of hydrogen-bond donors (Lipinski definition) is 1. The Kier molecular flexibility index (Phi) is 9.79. The van der Waals surface area contributed by atoms with Gasteiger partial charge in [-0.2, -0.15) is 9.78 Å². The quantitative estimate of drug-likeness (QED) is 0.128. The third-order valence-corrected chi connectivity index (χ3v) is 13.2. The van der Waals surface area contributed by atoms with Crippen molar-refractivity contribution in [2.45, 2.75) is 56.8 Å². The van der Waals surface area contributed by atoms with E-state index in [1.807, 2.05) is 73.7 Å². The van der Waals surface area contributed by atoms with Crippen molar-refractivity contribution in [2.24, 2.45) is 5.92 Å². The van der Waals surface area contributed by atoms with Gasteiger partial charge in [-0.25, -0.2) is 0 Å². The highest BCUT2D eigenvalue weighted by atomic mass is 28.4. The van der Waals surface area contributed by atoms with Crippen molar-refractivity contribution in [1.29, 1.82) is 0 Å². The van der Waals surface area contributed by atoms with E-state index >= 15 is 4.11 Å². The normalized spacial score (nSPS) is 21.0. The van der Waals surface area contributed by atoms with Gasteiger partial charge < -0.3 is 28.5 Å². The maximum absolute atomic E-state index is 16.5. The van der Waals surface area contributed by atoms with Crippen LogP contribution in [0.2, 0.25) is 18.6 Å². The van der Waals surface area contributed by atoms with Gasteiger partial charge in [-0.3, -0.25) is 14.4 Å². The van der Waals surface area contributed by atoms with Crippen molar-refractivity contribution in [1.82, 2.24) is 14.7 Å². The lowest BCUT2D eigenvalue weighted by Crippen LogP contribution is -2.45. The first-order chi connectivity index (χ1) is 25.5. The molecule has 10 nitrogen and oxygen atoms in total. The van der Waals surface area contributed by atoms with Crippen molar-refractivity contribution < 1.29 is 28.3 Å². The van der Waals surface area contributed by atoms with Gasteiger partial charge in [0.25, 0.3) is 11.5 Å². The number of halogens is 1. The van der Waals surface area contributed by atoms with Crippen LogP contribution in [-0.2, 0) is 33.0 Å². The molecule has 4 atom stereocenters. The van der Waals surface area contributed by atoms with Crippen LogP contribution < -0.4 is 15.2 Å². The Balaban J connectivity index is 1.20. The summed E-state index contributed by atoms with van der Waals surface area (Å²) < 4.78 is 30.3. The number of aliphatic hydroxyl groups excluding tert-OH is 1. The zero-order valence-electron chi connectivity index (χ0n) is 30.2. The molecule has 274 valence electrons. The maximum atomic E-state index is 16.5. The second kappa shape index (κ2) is 14.3. The first kappa shape index (κ1) is 36.2. The Morgan fingerprint density at radius 3 is 2.42 bits per heavy atom. The Hall–Kier alpha value is -5.17. The standard InChI is InChI=1S/C41H43FN4O6Si/c1-27-38(53(3,4)42)36(23-37(48)44(20-21-47)25-28-10-6-5-7-11-28)52-41(27)34-22-32(51-2)18-19-35(34)45(40(41)50)26-29-14-16-31(17-15-29)46-39(49)33-13-9-8-12-30(33)24-43-46/h5-19,22,24,27,36,38,47H,20-21,23,25-26H2,1-4H3/t27-,36+,38-,41+/m0/s1. The van der Waals surface area contributed by atoms with Gasteiger partial charge in [0.05, 0.1) is 55.7 Å². The van der Waals surface area contributed by atoms with Crippen LogP contribution in [0.5, 0.6) is 5.75 Å². The van der Waals surface area contributed by atoms with Gasteiger partial charge in [-0.05, 0) is 60.6 Å². The number of carbonyl (C=O) groups is 2. The molecular formula is C41H43FN4O6Si. The number of benzene rings is 4. The second-order valence-electron chi connectivity index (χ2n) is 14.4. The molecular weight excluding hydrogens is 692 g/mol. The summed E-state index contributed by atoms with van der Waals surface area (Å²) in [7, 11) is -2.00. The topological polar surface area (TPSA) is 114 Å². The van der Waals surface area contributed by atoms with Crippen LogP contribution in [0.1, 0.15) is 30.0 Å². The van der Waals surface area contributed by atoms with Crippen molar-refractivity contribution in [3.8, 4) is 11.4 Å². The van der Waals surface area contributed by atoms with Crippen LogP contribution >= 0.6 is 0 Å². The number of carbonyl (C=O) groups excluding carboxylic acids is 2. The molecule has 2 aliphatic rings. The summed E-state index contributed by atoms with van der Waals surface area (Å²) in [6, 6.07) is 29.4. The second-order valence-corrected chi connectivity index (χ2v) is 18.2. The summed E-state index contributed by atoms with van der Waals surface area (Å²) in [5.41, 5.74) is 1.00. The van der Waals surface area contributed by atoms with Gasteiger partial charge in [0, 0.05) is 35.5 Å². The highest BCUT2D eigenvalue weighted by Gasteiger charge is 2.67. The smallest absolute Gasteiger partial charge is 0.279 e. The van der Waals surface area contributed by atoms with Crippen LogP contribution in [0.25, 0.3) is 16.5 Å². The molecule has 2 aliphatic heterocycles. The van der Waals surface area contributed by atoms with Crippen LogP contribution in [0, 0.1) is 5.92 Å². The molecule has 0 bridgehead atoms. The van der Waals surface area contributed by atoms with Gasteiger partial charge in [-0.1, -0.05) is 67.6 Å². The Bertz CT molecular complexity index is 2210. The number of ether oxygens (including phenoxy) is 2. The van der Waals surface area contributed by atoms with E-state index in [-0.39, 0.29) is 50.0 Å². The molecule has 1 fully saturated rings. The number of nitrogens with zero attached hydrogens (tertiary/aromatic N) is 4. The number of rotatable bonds is 11. The van der Waals surface area contributed by atoms with E-state index in [1.165, 1.54) is 4.68 Å². The molecule has 0 aliphatic carbocycles. The molecule has 0 radical (unpaired) electrons. The summed E-state index contributed by atoms with van der Waals surface area (Å²) in [5, 5.41) is 15.5. The molecule has 1 spiro atoms. The minimum Gasteiger partial charge on any atom is -0.497 e. The third-order valence-electron chi connectivity index (χ3n) is 10.7. The van der Waals surface area contributed by atoms with Crippen molar-refractivity contribution >= 4 is 36.7 Å². The summed E-state index contributed by atoms with van der Waals surface area (Å²) >= 11 is 0. The third kappa shape index (κ3) is 6.55. The Labute approximate surface area is 308 Å². The first-order valence-corrected chi connectivity index (χ1v) is 20.8. The van der Waals surface area contributed by atoms with Crippen molar-refractivity contribution in [2.75, 3.05) is 25.2 Å². The lowest BCUT2D eigenvalue weighted by Gasteiger charge is -2.31. The van der Waals surface area contributed by atoms with E-state index < -0.39 is 31.6 Å². The maximum Gasteiger partial charge on any atom is 0.279 e. The number of aliphatic hydroxyl groups is 1. The van der Waals surface area contributed by atoms with Gasteiger partial charge in [-0.15, -0.1) is 0 Å².